The molecule has 0 fully saturated rings. The van der Waals surface area contributed by atoms with Gasteiger partial charge in [-0.15, -0.1) is 0 Å². The Kier molecular flexibility index (Phi) is 30.7. The average molecular weight is 689 g/mol. The number of nitrogens with one attached hydrogen (secondary N) is 1. The van der Waals surface area contributed by atoms with Gasteiger partial charge in [-0.1, -0.05) is 161 Å². The maximum Gasteiger partial charge on any atom is 0.268 e. The van der Waals surface area contributed by atoms with Crippen LogP contribution in [0, 0.1) is 0 Å². The van der Waals surface area contributed by atoms with Gasteiger partial charge in [-0.05, 0) is 19.3 Å². The number of likely N-dealkylation sites (N-methyl/N-ethyl adjacent to an activating group) is 1. The Bertz CT molecular complexity index is 789. The Balaban J connectivity index is 3.88. The molecule has 0 aliphatic heterocycles. The molecule has 280 valence electrons. The molecule has 0 heterocycles. The predicted molar refractivity (Wildman–Crippen MR) is 196 cm³/mol. The molecule has 8 nitrogen and oxygen atoms in total. The fraction of sp³-hybridized carbons (Fsp3) is 0.921. The van der Waals surface area contributed by atoms with Gasteiger partial charge in [0.15, 0.2) is 0 Å². The molecule has 2 N–H and O–H groups in total. The third kappa shape index (κ3) is 33.5. The fourth-order valence-corrected chi connectivity index (χ4v) is 6.33. The molecule has 0 aromatic rings. The molecule has 0 saturated carbocycles. The van der Waals surface area contributed by atoms with Crippen LogP contribution in [0.1, 0.15) is 174 Å². The van der Waals surface area contributed by atoms with E-state index in [-0.39, 0.29) is 19.1 Å². The molecule has 0 saturated heterocycles. The number of allylic oxidation sites excluding steroid dienone is 1. The van der Waals surface area contributed by atoms with Gasteiger partial charge in [0, 0.05) is 6.42 Å². The monoisotopic (exact) mass is 689 g/mol. The van der Waals surface area contributed by atoms with Crippen molar-refractivity contribution in [1.29, 1.82) is 0 Å². The first-order chi connectivity index (χ1) is 22.5. The van der Waals surface area contributed by atoms with Crippen LogP contribution in [0.4, 0.5) is 0 Å². The van der Waals surface area contributed by atoms with E-state index in [9.17, 15) is 19.4 Å². The Morgan fingerprint density at radius 2 is 1.15 bits per heavy atom. The highest BCUT2D eigenvalue weighted by molar-refractivity contribution is 7.45. The summed E-state index contributed by atoms with van der Waals surface area (Å²) in [7, 11) is 1.26. The zero-order valence-electron chi connectivity index (χ0n) is 31.5. The highest BCUT2D eigenvalue weighted by Crippen LogP contribution is 2.38. The number of nitrogens with zero attached hydrogens (tertiary/aromatic N) is 1. The molecule has 0 spiro atoms. The van der Waals surface area contributed by atoms with E-state index in [2.05, 4.69) is 12.2 Å². The summed E-state index contributed by atoms with van der Waals surface area (Å²) >= 11 is 0. The zero-order chi connectivity index (χ0) is 35.1. The number of phosphoric ester groups is 1. The number of amides is 1. The zero-order valence-corrected chi connectivity index (χ0v) is 32.4. The van der Waals surface area contributed by atoms with E-state index in [1.54, 1.807) is 6.08 Å². The fourth-order valence-electron chi connectivity index (χ4n) is 5.61. The number of phosphoric acid groups is 1. The van der Waals surface area contributed by atoms with E-state index < -0.39 is 20.0 Å². The Morgan fingerprint density at radius 3 is 1.55 bits per heavy atom. The summed E-state index contributed by atoms with van der Waals surface area (Å²) < 4.78 is 22.7. The van der Waals surface area contributed by atoms with E-state index >= 15 is 0 Å². The minimum atomic E-state index is -4.55. The summed E-state index contributed by atoms with van der Waals surface area (Å²) in [4.78, 5) is 24.4. The summed E-state index contributed by atoms with van der Waals surface area (Å²) in [6, 6.07) is -0.876. The van der Waals surface area contributed by atoms with Crippen LogP contribution >= 0.6 is 7.82 Å². The first-order valence-electron chi connectivity index (χ1n) is 19.6. The molecule has 3 unspecified atom stereocenters. The molecule has 0 rings (SSSR count). The van der Waals surface area contributed by atoms with Crippen molar-refractivity contribution in [3.8, 4) is 0 Å². The molecule has 47 heavy (non-hydrogen) atoms. The van der Waals surface area contributed by atoms with Gasteiger partial charge >= 0.3 is 0 Å². The normalized spacial score (nSPS) is 14.8. The van der Waals surface area contributed by atoms with Crippen LogP contribution in [0.15, 0.2) is 12.2 Å². The standard InChI is InChI=1S/C38H77N2O6P/c1-6-8-9-10-11-12-13-14-15-16-17-18-19-20-21-22-23-24-25-26-27-28-29-30-32-37(41)36(39-38(42)31-7-2)35-46-47(43,44)45-34-33-40(3,4)5/h30,32,36-37,41H,6-29,31,33-35H2,1-5H3,(H-,39,42,43,44)/b32-30+. The van der Waals surface area contributed by atoms with Crippen molar-refractivity contribution in [2.45, 2.75) is 187 Å². The van der Waals surface area contributed by atoms with Crippen LogP contribution in [0.3, 0.4) is 0 Å². The average Bonchev–Trinajstić information content (AvgIpc) is 3.00. The first-order valence-corrected chi connectivity index (χ1v) is 21.0. The number of quaternary nitrogens is 1. The van der Waals surface area contributed by atoms with Crippen LogP contribution in [-0.4, -0.2) is 68.5 Å². The van der Waals surface area contributed by atoms with E-state index in [0.29, 0.717) is 23.9 Å². The molecule has 0 aromatic heterocycles. The van der Waals surface area contributed by atoms with Crippen LogP contribution in [0.5, 0.6) is 0 Å². The first kappa shape index (κ1) is 46.2. The van der Waals surface area contributed by atoms with Crippen molar-refractivity contribution in [3.63, 3.8) is 0 Å². The van der Waals surface area contributed by atoms with Gasteiger partial charge in [0.1, 0.15) is 13.2 Å². The molecule has 0 bridgehead atoms. The van der Waals surface area contributed by atoms with Gasteiger partial charge in [-0.3, -0.25) is 9.36 Å². The molecule has 9 heteroatoms. The molecule has 0 radical (unpaired) electrons. The third-order valence-corrected chi connectivity index (χ3v) is 9.68. The lowest BCUT2D eigenvalue weighted by molar-refractivity contribution is -0.870. The lowest BCUT2D eigenvalue weighted by Gasteiger charge is -2.29. The predicted octanol–water partition coefficient (Wildman–Crippen LogP) is 9.39. The molecule has 0 aliphatic rings. The topological polar surface area (TPSA) is 108 Å². The van der Waals surface area contributed by atoms with E-state index in [1.165, 1.54) is 128 Å². The summed E-state index contributed by atoms with van der Waals surface area (Å²) in [6.07, 6.45) is 34.3. The summed E-state index contributed by atoms with van der Waals surface area (Å²) in [6.45, 7) is 4.28. The number of unbranched alkanes of at least 4 members (excludes halogenated alkanes) is 22. The SMILES string of the molecule is CCCCCCCCCCCCCCCCCCCCCCCC/C=C/C(O)C(COP(=O)([O-])OCC[N+](C)(C)C)NC(=O)CCC. The van der Waals surface area contributed by atoms with Gasteiger partial charge in [0.05, 0.1) is 39.9 Å². The van der Waals surface area contributed by atoms with Crippen LogP contribution in [0.2, 0.25) is 0 Å². The second-order valence-electron chi connectivity index (χ2n) is 14.6. The van der Waals surface area contributed by atoms with E-state index in [0.717, 1.165) is 19.3 Å². The Morgan fingerprint density at radius 1 is 0.723 bits per heavy atom. The molecular weight excluding hydrogens is 611 g/mol. The number of aliphatic hydroxyl groups excluding tert-OH is 1. The lowest BCUT2D eigenvalue weighted by atomic mass is 10.0. The lowest BCUT2D eigenvalue weighted by Crippen LogP contribution is -2.45. The van der Waals surface area contributed by atoms with E-state index in [4.69, 9.17) is 9.05 Å². The number of aliphatic hydroxyl groups is 1. The van der Waals surface area contributed by atoms with Gasteiger partial charge in [-0.25, -0.2) is 0 Å². The second kappa shape index (κ2) is 31.2. The van der Waals surface area contributed by atoms with Crippen molar-refractivity contribution in [3.05, 3.63) is 12.2 Å². The van der Waals surface area contributed by atoms with E-state index in [1.807, 2.05) is 34.1 Å². The van der Waals surface area contributed by atoms with Crippen LogP contribution in [-0.2, 0) is 18.4 Å². The number of hydrogen-bond donors (Lipinski definition) is 2. The van der Waals surface area contributed by atoms with Crippen molar-refractivity contribution in [1.82, 2.24) is 5.32 Å². The third-order valence-electron chi connectivity index (χ3n) is 8.72. The maximum atomic E-state index is 12.2. The number of carbonyl (C=O) groups is 1. The van der Waals surface area contributed by atoms with Crippen LogP contribution < -0.4 is 10.2 Å². The van der Waals surface area contributed by atoms with Crippen LogP contribution in [0.25, 0.3) is 0 Å². The molecule has 0 aromatic carbocycles. The largest absolute Gasteiger partial charge is 0.756 e. The molecule has 0 aliphatic carbocycles. The van der Waals surface area contributed by atoms with Crippen molar-refractivity contribution in [2.75, 3.05) is 40.9 Å². The number of rotatable bonds is 35. The molecular formula is C38H77N2O6P. The molecule has 1 amide bonds. The minimum absolute atomic E-state index is 0.000861. The number of carbonyl (C=O) groups excluding carboxylic acids is 1. The number of hydrogen-bond acceptors (Lipinski definition) is 6. The smallest absolute Gasteiger partial charge is 0.268 e. The summed E-state index contributed by atoms with van der Waals surface area (Å²) in [5.41, 5.74) is 0. The minimum Gasteiger partial charge on any atom is -0.756 e. The van der Waals surface area contributed by atoms with Gasteiger partial charge in [0.25, 0.3) is 7.82 Å². The van der Waals surface area contributed by atoms with Gasteiger partial charge in [0.2, 0.25) is 5.91 Å². The highest BCUT2D eigenvalue weighted by Gasteiger charge is 2.23. The van der Waals surface area contributed by atoms with Crippen molar-refractivity contribution >= 4 is 13.7 Å². The quantitative estimate of drug-likeness (QED) is 0.0297. The van der Waals surface area contributed by atoms with Gasteiger partial charge < -0.3 is 28.8 Å². The van der Waals surface area contributed by atoms with Crippen molar-refractivity contribution in [2.24, 2.45) is 0 Å². The van der Waals surface area contributed by atoms with Crippen molar-refractivity contribution < 1.29 is 32.9 Å². The Hall–Kier alpha value is -0.760. The molecule has 3 atom stereocenters. The van der Waals surface area contributed by atoms with Gasteiger partial charge in [-0.2, -0.15) is 0 Å². The maximum absolute atomic E-state index is 12.2. The summed E-state index contributed by atoms with van der Waals surface area (Å²) in [5, 5.41) is 13.4. The Labute approximate surface area is 291 Å². The highest BCUT2D eigenvalue weighted by atomic mass is 31.2. The second-order valence-corrected chi connectivity index (χ2v) is 16.1. The summed E-state index contributed by atoms with van der Waals surface area (Å²) in [5.74, 6) is -0.250.